The first-order chi connectivity index (χ1) is 18.4. The quantitative estimate of drug-likeness (QED) is 0.199. The number of carbonyl (C=O) groups excluding carboxylic acids is 3. The lowest BCUT2D eigenvalue weighted by molar-refractivity contribution is -0.113. The third-order valence-corrected chi connectivity index (χ3v) is 8.24. The Bertz CT molecular complexity index is 1320. The third-order valence-electron chi connectivity index (χ3n) is 6.06. The lowest BCUT2D eigenvalue weighted by Gasteiger charge is -2.15. The number of esters is 1. The van der Waals surface area contributed by atoms with E-state index in [1.165, 1.54) is 23.1 Å². The molecule has 11 heteroatoms. The van der Waals surface area contributed by atoms with Crippen molar-refractivity contribution >= 4 is 45.9 Å². The van der Waals surface area contributed by atoms with E-state index in [4.69, 9.17) is 4.74 Å². The second-order valence-corrected chi connectivity index (χ2v) is 10.8. The van der Waals surface area contributed by atoms with Crippen LogP contribution in [-0.2, 0) is 28.9 Å². The fraction of sp³-hybridized carbons (Fsp3) is 0.370. The first-order valence-electron chi connectivity index (χ1n) is 12.6. The number of benzene rings is 1. The number of fused-ring (bicyclic) bond motifs is 1. The molecule has 2 aromatic heterocycles. The van der Waals surface area contributed by atoms with Crippen LogP contribution in [0.25, 0.3) is 0 Å². The van der Waals surface area contributed by atoms with Crippen LogP contribution in [0.1, 0.15) is 69.7 Å². The predicted octanol–water partition coefficient (Wildman–Crippen LogP) is 4.80. The summed E-state index contributed by atoms with van der Waals surface area (Å²) in [6, 6.07) is 8.54. The van der Waals surface area contributed by atoms with Gasteiger partial charge in [-0.25, -0.2) is 4.79 Å². The molecule has 0 aliphatic heterocycles. The number of thioether (sulfide) groups is 1. The number of nitrogens with one attached hydrogen (secondary N) is 2. The second-order valence-electron chi connectivity index (χ2n) is 8.77. The van der Waals surface area contributed by atoms with Gasteiger partial charge in [0.2, 0.25) is 5.91 Å². The zero-order valence-electron chi connectivity index (χ0n) is 21.5. The van der Waals surface area contributed by atoms with Crippen LogP contribution in [0.15, 0.2) is 48.1 Å². The minimum absolute atomic E-state index is 0.0743. The maximum atomic E-state index is 12.9. The molecular weight excluding hydrogens is 522 g/mol. The van der Waals surface area contributed by atoms with Crippen molar-refractivity contribution in [3.8, 4) is 0 Å². The number of nitrogens with zero attached hydrogens (tertiary/aromatic N) is 3. The van der Waals surface area contributed by atoms with E-state index in [1.807, 2.05) is 17.6 Å². The Morgan fingerprint density at radius 3 is 2.71 bits per heavy atom. The highest BCUT2D eigenvalue weighted by Crippen LogP contribution is 2.38. The topological polar surface area (TPSA) is 115 Å². The number of amides is 2. The number of hydrogen-bond donors (Lipinski definition) is 2. The Hall–Kier alpha value is -3.44. The maximum absolute atomic E-state index is 12.9. The minimum atomic E-state index is -0.414. The van der Waals surface area contributed by atoms with E-state index in [1.54, 1.807) is 37.3 Å². The van der Waals surface area contributed by atoms with E-state index in [0.29, 0.717) is 33.7 Å². The molecule has 0 fully saturated rings. The van der Waals surface area contributed by atoms with Crippen LogP contribution in [0.2, 0.25) is 0 Å². The highest BCUT2D eigenvalue weighted by molar-refractivity contribution is 7.99. The van der Waals surface area contributed by atoms with Gasteiger partial charge in [0.05, 0.1) is 24.0 Å². The maximum Gasteiger partial charge on any atom is 0.341 e. The highest BCUT2D eigenvalue weighted by atomic mass is 32.2. The summed E-state index contributed by atoms with van der Waals surface area (Å²) < 4.78 is 7.11. The molecule has 0 saturated carbocycles. The SMILES string of the molecule is C=CCn1c(SCC(=O)Nc2sc3c(c2C(=O)OCC)CCCC3)nnc1[C@H](C)NC(=O)c1ccccc1. The Morgan fingerprint density at radius 1 is 1.21 bits per heavy atom. The van der Waals surface area contributed by atoms with Crippen molar-refractivity contribution < 1.29 is 19.1 Å². The van der Waals surface area contributed by atoms with Gasteiger partial charge in [-0.05, 0) is 57.2 Å². The molecule has 1 atom stereocenters. The number of anilines is 1. The zero-order valence-corrected chi connectivity index (χ0v) is 23.1. The summed E-state index contributed by atoms with van der Waals surface area (Å²) in [5, 5.41) is 15.5. The van der Waals surface area contributed by atoms with Crippen molar-refractivity contribution in [1.82, 2.24) is 20.1 Å². The summed E-state index contributed by atoms with van der Waals surface area (Å²) in [7, 11) is 0. The van der Waals surface area contributed by atoms with Gasteiger partial charge in [0.1, 0.15) is 5.00 Å². The Kier molecular flexibility index (Phi) is 9.35. The van der Waals surface area contributed by atoms with E-state index < -0.39 is 12.0 Å². The number of aryl methyl sites for hydroxylation is 1. The number of rotatable bonds is 11. The summed E-state index contributed by atoms with van der Waals surface area (Å²) >= 11 is 2.69. The normalized spacial score (nSPS) is 13.3. The van der Waals surface area contributed by atoms with Crippen LogP contribution in [0.5, 0.6) is 0 Å². The van der Waals surface area contributed by atoms with E-state index in [-0.39, 0.29) is 24.2 Å². The van der Waals surface area contributed by atoms with Crippen molar-refractivity contribution in [2.75, 3.05) is 17.7 Å². The minimum Gasteiger partial charge on any atom is -0.462 e. The van der Waals surface area contributed by atoms with Crippen molar-refractivity contribution in [3.63, 3.8) is 0 Å². The van der Waals surface area contributed by atoms with Gasteiger partial charge in [0, 0.05) is 17.0 Å². The van der Waals surface area contributed by atoms with Gasteiger partial charge in [0.15, 0.2) is 11.0 Å². The largest absolute Gasteiger partial charge is 0.462 e. The van der Waals surface area contributed by atoms with E-state index in [2.05, 4.69) is 27.4 Å². The molecule has 4 rings (SSSR count). The second kappa shape index (κ2) is 12.9. The van der Waals surface area contributed by atoms with Crippen LogP contribution in [0.4, 0.5) is 5.00 Å². The molecule has 0 saturated heterocycles. The molecule has 1 aliphatic rings. The Balaban J connectivity index is 1.44. The highest BCUT2D eigenvalue weighted by Gasteiger charge is 2.27. The zero-order chi connectivity index (χ0) is 27.1. The Morgan fingerprint density at radius 2 is 1.97 bits per heavy atom. The van der Waals surface area contributed by atoms with Gasteiger partial charge in [-0.1, -0.05) is 36.0 Å². The average Bonchev–Trinajstić information content (AvgIpc) is 3.49. The van der Waals surface area contributed by atoms with Gasteiger partial charge in [-0.3, -0.25) is 9.59 Å². The molecule has 0 unspecified atom stereocenters. The van der Waals surface area contributed by atoms with Crippen molar-refractivity contribution in [2.24, 2.45) is 0 Å². The first-order valence-corrected chi connectivity index (χ1v) is 14.4. The van der Waals surface area contributed by atoms with Crippen molar-refractivity contribution in [3.05, 3.63) is 70.4 Å². The molecule has 0 radical (unpaired) electrons. The fourth-order valence-electron chi connectivity index (χ4n) is 4.33. The molecule has 1 aliphatic carbocycles. The summed E-state index contributed by atoms with van der Waals surface area (Å²) in [5.41, 5.74) is 2.05. The predicted molar refractivity (Wildman–Crippen MR) is 149 cm³/mol. The molecule has 2 heterocycles. The lowest BCUT2D eigenvalue weighted by atomic mass is 9.95. The van der Waals surface area contributed by atoms with Crippen LogP contribution >= 0.6 is 23.1 Å². The number of hydrogen-bond acceptors (Lipinski definition) is 8. The number of thiophene rings is 1. The van der Waals surface area contributed by atoms with Crippen LogP contribution in [-0.4, -0.2) is 44.9 Å². The molecule has 9 nitrogen and oxygen atoms in total. The van der Waals surface area contributed by atoms with Gasteiger partial charge in [0.25, 0.3) is 5.91 Å². The van der Waals surface area contributed by atoms with Gasteiger partial charge in [-0.15, -0.1) is 28.1 Å². The third kappa shape index (κ3) is 6.33. The summed E-state index contributed by atoms with van der Waals surface area (Å²) in [6.45, 7) is 8.12. The number of aromatic nitrogens is 3. The van der Waals surface area contributed by atoms with Crippen LogP contribution < -0.4 is 10.6 Å². The van der Waals surface area contributed by atoms with Crippen LogP contribution in [0.3, 0.4) is 0 Å². The smallest absolute Gasteiger partial charge is 0.341 e. The fourth-order valence-corrected chi connectivity index (χ4v) is 6.38. The lowest BCUT2D eigenvalue weighted by Crippen LogP contribution is -2.28. The molecule has 0 spiro atoms. The number of ether oxygens (including phenoxy) is 1. The molecule has 3 aromatic rings. The summed E-state index contributed by atoms with van der Waals surface area (Å²) in [6.07, 6.45) is 5.53. The molecule has 1 aromatic carbocycles. The average molecular weight is 554 g/mol. The van der Waals surface area contributed by atoms with E-state index in [0.717, 1.165) is 36.1 Å². The van der Waals surface area contributed by atoms with Gasteiger partial charge < -0.3 is 19.9 Å². The van der Waals surface area contributed by atoms with Crippen molar-refractivity contribution in [2.45, 2.75) is 57.3 Å². The van der Waals surface area contributed by atoms with Crippen molar-refractivity contribution in [1.29, 1.82) is 0 Å². The monoisotopic (exact) mass is 553 g/mol. The van der Waals surface area contributed by atoms with Gasteiger partial charge >= 0.3 is 5.97 Å². The molecule has 38 heavy (non-hydrogen) atoms. The summed E-state index contributed by atoms with van der Waals surface area (Å²) in [4.78, 5) is 39.4. The van der Waals surface area contributed by atoms with Gasteiger partial charge in [-0.2, -0.15) is 0 Å². The molecule has 0 bridgehead atoms. The van der Waals surface area contributed by atoms with E-state index >= 15 is 0 Å². The van der Waals surface area contributed by atoms with Crippen LogP contribution in [0, 0.1) is 0 Å². The van der Waals surface area contributed by atoms with E-state index in [9.17, 15) is 14.4 Å². The molecule has 200 valence electrons. The molecular formula is C27H31N5O4S2. The number of carbonyl (C=O) groups is 3. The molecule has 2 N–H and O–H groups in total. The number of allylic oxidation sites excluding steroid dienone is 1. The first kappa shape index (κ1) is 27.6. The summed E-state index contributed by atoms with van der Waals surface area (Å²) in [5.74, 6) is -0.218. The molecule has 2 amide bonds. The Labute approximate surface area is 230 Å². The standard InChI is InChI=1S/C27H31N5O4S2/c1-4-15-32-23(17(3)28-24(34)18-11-7-6-8-12-18)30-31-27(32)37-16-21(33)29-25-22(26(35)36-5-2)19-13-9-10-14-20(19)38-25/h4,6-8,11-12,17H,1,5,9-10,13-16H2,2-3H3,(H,28,34)(H,29,33)/t17-/m0/s1.